The average Bonchev–Trinajstić information content (AvgIpc) is 3.40. The lowest BCUT2D eigenvalue weighted by Crippen LogP contribution is -2.31. The lowest BCUT2D eigenvalue weighted by Gasteiger charge is -2.29. The van der Waals surface area contributed by atoms with Crippen LogP contribution >= 0.6 is 27.7 Å². The molecule has 2 N–H and O–H groups in total. The van der Waals surface area contributed by atoms with Crippen molar-refractivity contribution in [3.8, 4) is 11.5 Å². The van der Waals surface area contributed by atoms with Gasteiger partial charge in [0.05, 0.1) is 23.3 Å². The molecular weight excluding hydrogens is 638 g/mol. The number of ether oxygens (including phenoxy) is 2. The fraction of sp³-hybridized carbons (Fsp3) is 0.324. The van der Waals surface area contributed by atoms with Crippen LogP contribution < -0.4 is 20.1 Å². The first kappa shape index (κ1) is 31.7. The molecule has 8 nitrogen and oxygen atoms in total. The van der Waals surface area contributed by atoms with E-state index in [0.29, 0.717) is 47.1 Å². The predicted molar refractivity (Wildman–Crippen MR) is 181 cm³/mol. The number of amides is 1. The normalized spacial score (nSPS) is 14.2. The number of anilines is 2. The molecule has 0 aliphatic carbocycles. The molecule has 44 heavy (non-hydrogen) atoms. The van der Waals surface area contributed by atoms with Crippen molar-refractivity contribution in [3.05, 3.63) is 99.2 Å². The van der Waals surface area contributed by atoms with Crippen LogP contribution in [-0.2, 0) is 11.2 Å². The fourth-order valence-corrected chi connectivity index (χ4v) is 6.57. The Labute approximate surface area is 271 Å². The summed E-state index contributed by atoms with van der Waals surface area (Å²) in [5.74, 6) is 2.52. The Morgan fingerprint density at radius 2 is 1.89 bits per heavy atom. The smallest absolute Gasteiger partial charge is 0.255 e. The Morgan fingerprint density at radius 1 is 1.07 bits per heavy atom. The molecule has 0 spiro atoms. The van der Waals surface area contributed by atoms with Crippen molar-refractivity contribution < 1.29 is 14.3 Å². The van der Waals surface area contributed by atoms with Gasteiger partial charge < -0.3 is 20.1 Å². The van der Waals surface area contributed by atoms with Crippen molar-refractivity contribution in [1.82, 2.24) is 14.8 Å². The molecule has 1 unspecified atom stereocenters. The van der Waals surface area contributed by atoms with Crippen LogP contribution in [0.5, 0.6) is 11.5 Å². The van der Waals surface area contributed by atoms with Gasteiger partial charge in [-0.15, -0.1) is 5.10 Å². The molecule has 10 heteroatoms. The summed E-state index contributed by atoms with van der Waals surface area (Å²) in [6, 6.07) is 21.4. The number of hydrogen-bond acceptors (Lipinski definition) is 7. The largest absolute Gasteiger partial charge is 0.490 e. The predicted octanol–water partition coefficient (Wildman–Crippen LogP) is 8.19. The number of benzene rings is 3. The maximum absolute atomic E-state index is 14.0. The summed E-state index contributed by atoms with van der Waals surface area (Å²) in [6.07, 6.45) is 2.93. The molecular formula is C34H38BrN5O3S. The Morgan fingerprint density at radius 3 is 2.64 bits per heavy atom. The first-order chi connectivity index (χ1) is 21.4. The van der Waals surface area contributed by atoms with Crippen molar-refractivity contribution in [3.63, 3.8) is 0 Å². The lowest BCUT2D eigenvalue weighted by atomic mass is 9.94. The molecule has 1 aliphatic heterocycles. The highest BCUT2D eigenvalue weighted by molar-refractivity contribution is 9.10. The Bertz CT molecular complexity index is 1640. The van der Waals surface area contributed by atoms with E-state index < -0.39 is 6.04 Å². The quantitative estimate of drug-likeness (QED) is 0.109. The number of aryl methyl sites for hydroxylation is 1. The molecule has 1 aromatic heterocycles. The summed E-state index contributed by atoms with van der Waals surface area (Å²) in [5.41, 5.74) is 5.06. The third-order valence-electron chi connectivity index (χ3n) is 7.21. The molecule has 1 amide bonds. The minimum Gasteiger partial charge on any atom is -0.490 e. The zero-order chi connectivity index (χ0) is 31.1. The zero-order valence-corrected chi connectivity index (χ0v) is 27.9. The number of carbonyl (C=O) groups excluding carboxylic acids is 1. The number of carbonyl (C=O) groups is 1. The molecule has 0 fully saturated rings. The number of halogens is 1. The molecule has 0 bridgehead atoms. The van der Waals surface area contributed by atoms with Gasteiger partial charge in [0.2, 0.25) is 11.1 Å². The van der Waals surface area contributed by atoms with Crippen LogP contribution in [-0.4, -0.2) is 39.6 Å². The van der Waals surface area contributed by atoms with E-state index >= 15 is 0 Å². The van der Waals surface area contributed by atoms with Gasteiger partial charge in [-0.1, -0.05) is 67.6 Å². The van der Waals surface area contributed by atoms with Crippen LogP contribution in [0.1, 0.15) is 56.3 Å². The number of nitrogens with zero attached hydrogens (tertiary/aromatic N) is 3. The lowest BCUT2D eigenvalue weighted by molar-refractivity contribution is -0.113. The van der Waals surface area contributed by atoms with E-state index in [1.54, 1.807) is 16.4 Å². The van der Waals surface area contributed by atoms with Crippen LogP contribution in [0, 0.1) is 6.92 Å². The van der Waals surface area contributed by atoms with E-state index in [-0.39, 0.29) is 5.91 Å². The van der Waals surface area contributed by atoms with Crippen molar-refractivity contribution in [2.24, 2.45) is 0 Å². The molecule has 4 aromatic rings. The molecule has 1 atom stereocenters. The molecule has 3 aromatic carbocycles. The first-order valence-corrected chi connectivity index (χ1v) is 16.7. The molecule has 230 valence electrons. The number of rotatable bonds is 13. The number of thioether (sulfide) groups is 1. The van der Waals surface area contributed by atoms with E-state index in [2.05, 4.69) is 45.6 Å². The first-order valence-electron chi connectivity index (χ1n) is 15.0. The molecule has 5 rings (SSSR count). The van der Waals surface area contributed by atoms with Crippen LogP contribution in [0.3, 0.4) is 0 Å². The molecule has 2 heterocycles. The molecule has 0 saturated carbocycles. The number of nitrogens with one attached hydrogen (secondary N) is 2. The fourth-order valence-electron chi connectivity index (χ4n) is 5.09. The second-order valence-corrected chi connectivity index (χ2v) is 12.5. The van der Waals surface area contributed by atoms with Crippen molar-refractivity contribution >= 4 is 45.2 Å². The summed E-state index contributed by atoms with van der Waals surface area (Å²) < 4.78 is 14.9. The summed E-state index contributed by atoms with van der Waals surface area (Å²) in [7, 11) is 0. The summed E-state index contributed by atoms with van der Waals surface area (Å²) in [6.45, 7) is 8.96. The maximum atomic E-state index is 14.0. The Kier molecular flexibility index (Phi) is 10.7. The summed E-state index contributed by atoms with van der Waals surface area (Å²) in [4.78, 5) is 18.8. The van der Waals surface area contributed by atoms with Crippen molar-refractivity contribution in [2.75, 3.05) is 29.6 Å². The monoisotopic (exact) mass is 675 g/mol. The van der Waals surface area contributed by atoms with Crippen LogP contribution in [0.4, 0.5) is 11.6 Å². The van der Waals surface area contributed by atoms with E-state index in [0.717, 1.165) is 46.3 Å². The standard InChI is InChI=1S/C34H38BrN5O3S/c1-5-7-18-44-34-38-33-36-23(4)29(32(41)37-26-15-11-12-22(3)19-26)30(40(33)39-34)25-20-27(35)31(28(21-25)42-6-2)43-17-16-24-13-9-8-10-14-24/h8-15,19-21,30H,5-7,16-18H2,1-4H3,(H,37,41)(H,36,38,39). The average molecular weight is 677 g/mol. The van der Waals surface area contributed by atoms with E-state index in [4.69, 9.17) is 19.6 Å². The highest BCUT2D eigenvalue weighted by Gasteiger charge is 2.35. The SMILES string of the molecule is CCCCSc1nc2n(n1)C(c1cc(Br)c(OCCc3ccccc3)c(OCC)c1)C(C(=O)Nc1cccc(C)c1)=C(C)N2. The minimum atomic E-state index is -0.557. The number of unbranched alkanes of at least 4 members (excludes halogenated alkanes) is 1. The molecule has 0 saturated heterocycles. The van der Waals surface area contributed by atoms with Crippen LogP contribution in [0.25, 0.3) is 0 Å². The summed E-state index contributed by atoms with van der Waals surface area (Å²) in [5, 5.41) is 12.0. The minimum absolute atomic E-state index is 0.218. The number of allylic oxidation sites excluding steroid dienone is 1. The number of aromatic nitrogens is 3. The third kappa shape index (κ3) is 7.47. The van der Waals surface area contributed by atoms with Gasteiger partial charge in [0, 0.05) is 23.6 Å². The van der Waals surface area contributed by atoms with Crippen LogP contribution in [0.15, 0.2) is 87.6 Å². The van der Waals surface area contributed by atoms with Crippen molar-refractivity contribution in [2.45, 2.75) is 58.2 Å². The van der Waals surface area contributed by atoms with Gasteiger partial charge in [-0.25, -0.2) is 4.68 Å². The highest BCUT2D eigenvalue weighted by atomic mass is 79.9. The number of hydrogen-bond donors (Lipinski definition) is 2. The maximum Gasteiger partial charge on any atom is 0.255 e. The topological polar surface area (TPSA) is 90.3 Å². The van der Waals surface area contributed by atoms with Crippen molar-refractivity contribution in [1.29, 1.82) is 0 Å². The van der Waals surface area contributed by atoms with Gasteiger partial charge >= 0.3 is 0 Å². The van der Waals surface area contributed by atoms with E-state index in [9.17, 15) is 4.79 Å². The number of fused-ring (bicyclic) bond motifs is 1. The molecule has 0 radical (unpaired) electrons. The second-order valence-electron chi connectivity index (χ2n) is 10.6. The van der Waals surface area contributed by atoms with Crippen LogP contribution in [0.2, 0.25) is 0 Å². The van der Waals surface area contributed by atoms with E-state index in [1.807, 2.05) is 75.4 Å². The zero-order valence-electron chi connectivity index (χ0n) is 25.5. The molecule has 1 aliphatic rings. The Balaban J connectivity index is 1.52. The van der Waals surface area contributed by atoms with Gasteiger partial charge in [-0.2, -0.15) is 4.98 Å². The highest BCUT2D eigenvalue weighted by Crippen LogP contribution is 2.43. The van der Waals surface area contributed by atoms with Gasteiger partial charge in [0.15, 0.2) is 11.5 Å². The van der Waals surface area contributed by atoms with Gasteiger partial charge in [-0.05, 0) is 84.1 Å². The van der Waals surface area contributed by atoms with Gasteiger partial charge in [-0.3, -0.25) is 4.79 Å². The summed E-state index contributed by atoms with van der Waals surface area (Å²) >= 11 is 5.37. The Hall–Kier alpha value is -3.76. The van der Waals surface area contributed by atoms with E-state index in [1.165, 1.54) is 5.56 Å². The second kappa shape index (κ2) is 14.8. The van der Waals surface area contributed by atoms with Gasteiger partial charge in [0.1, 0.15) is 6.04 Å². The van der Waals surface area contributed by atoms with Gasteiger partial charge in [0.25, 0.3) is 5.91 Å². The third-order valence-corrected chi connectivity index (χ3v) is 8.72.